The molecule has 0 aliphatic heterocycles. The maximum atomic E-state index is 11.8. The fourth-order valence-electron chi connectivity index (χ4n) is 1.94. The summed E-state index contributed by atoms with van der Waals surface area (Å²) in [5, 5.41) is 12.4. The number of carbonyl (C=O) groups is 2. The Hall–Kier alpha value is -2.48. The normalized spacial score (nSPS) is 10.9. The molecule has 2 heterocycles. The molecule has 8 heteroatoms. The van der Waals surface area contributed by atoms with Gasteiger partial charge in [0.25, 0.3) is 0 Å². The fourth-order valence-corrected chi connectivity index (χ4v) is 1.94. The van der Waals surface area contributed by atoms with Crippen LogP contribution in [0.2, 0.25) is 0 Å². The van der Waals surface area contributed by atoms with Gasteiger partial charge in [0.2, 0.25) is 0 Å². The highest BCUT2D eigenvalue weighted by atomic mass is 16.2. The highest BCUT2D eigenvalue weighted by Gasteiger charge is 2.16. The Kier molecular flexibility index (Phi) is 5.05. The third-order valence-electron chi connectivity index (χ3n) is 3.07. The van der Waals surface area contributed by atoms with Crippen LogP contribution in [0.15, 0.2) is 12.1 Å². The summed E-state index contributed by atoms with van der Waals surface area (Å²) >= 11 is 0. The SMILES string of the molecule is Cc1ccc2c(NC(=O)C(=O)NCCCN(C)C)n[nH]c2n1. The minimum Gasteiger partial charge on any atom is -0.348 e. The first-order valence-corrected chi connectivity index (χ1v) is 7.03. The van der Waals surface area contributed by atoms with Gasteiger partial charge >= 0.3 is 11.8 Å². The number of aromatic amines is 1. The molecule has 2 aromatic heterocycles. The van der Waals surface area contributed by atoms with Crippen molar-refractivity contribution < 1.29 is 9.59 Å². The molecule has 8 nitrogen and oxygen atoms in total. The molecule has 3 N–H and O–H groups in total. The van der Waals surface area contributed by atoms with Gasteiger partial charge in [0.05, 0.1) is 5.39 Å². The van der Waals surface area contributed by atoms with E-state index in [2.05, 4.69) is 25.8 Å². The molecule has 0 aliphatic carbocycles. The molecule has 2 rings (SSSR count). The smallest absolute Gasteiger partial charge is 0.314 e. The first kappa shape index (κ1) is 15.9. The van der Waals surface area contributed by atoms with Crippen molar-refractivity contribution in [2.75, 3.05) is 32.5 Å². The van der Waals surface area contributed by atoms with Crippen LogP contribution in [0.1, 0.15) is 12.1 Å². The van der Waals surface area contributed by atoms with Gasteiger partial charge in [-0.15, -0.1) is 0 Å². The van der Waals surface area contributed by atoms with E-state index in [1.807, 2.05) is 32.0 Å². The number of nitrogens with one attached hydrogen (secondary N) is 3. The lowest BCUT2D eigenvalue weighted by Gasteiger charge is -2.09. The number of anilines is 1. The second-order valence-corrected chi connectivity index (χ2v) is 5.29. The first-order valence-electron chi connectivity index (χ1n) is 7.03. The van der Waals surface area contributed by atoms with Crippen LogP contribution < -0.4 is 10.6 Å². The van der Waals surface area contributed by atoms with Crippen molar-refractivity contribution in [1.29, 1.82) is 0 Å². The molecule has 118 valence electrons. The number of fused-ring (bicyclic) bond motifs is 1. The monoisotopic (exact) mass is 304 g/mol. The Labute approximate surface area is 128 Å². The maximum Gasteiger partial charge on any atom is 0.314 e. The topological polar surface area (TPSA) is 103 Å². The molecule has 0 saturated carbocycles. The van der Waals surface area contributed by atoms with Crippen molar-refractivity contribution in [3.8, 4) is 0 Å². The van der Waals surface area contributed by atoms with Crippen LogP contribution in [0.4, 0.5) is 5.82 Å². The van der Waals surface area contributed by atoms with E-state index in [-0.39, 0.29) is 0 Å². The summed E-state index contributed by atoms with van der Waals surface area (Å²) in [6, 6.07) is 3.61. The summed E-state index contributed by atoms with van der Waals surface area (Å²) < 4.78 is 0. The van der Waals surface area contributed by atoms with Gasteiger partial charge in [0.1, 0.15) is 0 Å². The van der Waals surface area contributed by atoms with E-state index in [4.69, 9.17) is 0 Å². The van der Waals surface area contributed by atoms with E-state index in [0.29, 0.717) is 23.4 Å². The van der Waals surface area contributed by atoms with Crippen molar-refractivity contribution in [3.63, 3.8) is 0 Å². The molecule has 0 spiro atoms. The zero-order valence-corrected chi connectivity index (χ0v) is 12.9. The molecule has 0 radical (unpaired) electrons. The van der Waals surface area contributed by atoms with Gasteiger partial charge in [-0.1, -0.05) is 0 Å². The van der Waals surface area contributed by atoms with Crippen LogP contribution >= 0.6 is 0 Å². The standard InChI is InChI=1S/C14H20N6O2/c1-9-5-6-10-11(16-9)18-19-12(10)17-14(22)13(21)15-7-4-8-20(2)3/h5-6H,4,7-8H2,1-3H3,(H,15,21)(H2,16,17,18,19,22). The molecule has 0 unspecified atom stereocenters. The van der Waals surface area contributed by atoms with Crippen molar-refractivity contribution in [1.82, 2.24) is 25.4 Å². The van der Waals surface area contributed by atoms with Crippen molar-refractivity contribution >= 4 is 28.7 Å². The molecular formula is C14H20N6O2. The Balaban J connectivity index is 1.91. The van der Waals surface area contributed by atoms with Gasteiger partial charge in [0, 0.05) is 12.2 Å². The molecule has 2 amide bonds. The number of H-pyrrole nitrogens is 1. The van der Waals surface area contributed by atoms with Crippen molar-refractivity contribution in [2.45, 2.75) is 13.3 Å². The molecule has 0 saturated heterocycles. The molecule has 0 atom stereocenters. The predicted molar refractivity (Wildman–Crippen MR) is 83.4 cm³/mol. The highest BCUT2D eigenvalue weighted by Crippen LogP contribution is 2.18. The maximum absolute atomic E-state index is 11.8. The van der Waals surface area contributed by atoms with Gasteiger partial charge in [-0.05, 0) is 46.1 Å². The van der Waals surface area contributed by atoms with Crippen LogP contribution in [0, 0.1) is 6.92 Å². The van der Waals surface area contributed by atoms with E-state index >= 15 is 0 Å². The average Bonchev–Trinajstić information content (AvgIpc) is 2.85. The summed E-state index contributed by atoms with van der Waals surface area (Å²) in [6.07, 6.45) is 0.778. The van der Waals surface area contributed by atoms with E-state index in [1.165, 1.54) is 0 Å². The fraction of sp³-hybridized carbons (Fsp3) is 0.429. The van der Waals surface area contributed by atoms with Crippen LogP contribution in [-0.2, 0) is 9.59 Å². The lowest BCUT2D eigenvalue weighted by atomic mass is 10.3. The lowest BCUT2D eigenvalue weighted by Crippen LogP contribution is -2.36. The second kappa shape index (κ2) is 6.99. The Bertz CT molecular complexity index is 679. The summed E-state index contributed by atoms with van der Waals surface area (Å²) in [6.45, 7) is 3.16. The molecule has 0 aromatic carbocycles. The molecule has 0 bridgehead atoms. The largest absolute Gasteiger partial charge is 0.348 e. The Morgan fingerprint density at radius 3 is 2.77 bits per heavy atom. The quantitative estimate of drug-likeness (QED) is 0.543. The van der Waals surface area contributed by atoms with Crippen molar-refractivity contribution in [3.05, 3.63) is 17.8 Å². The van der Waals surface area contributed by atoms with Crippen LogP contribution in [0.5, 0.6) is 0 Å². The number of carbonyl (C=O) groups excluding carboxylic acids is 2. The number of nitrogens with zero attached hydrogens (tertiary/aromatic N) is 3. The number of aromatic nitrogens is 3. The average molecular weight is 304 g/mol. The third kappa shape index (κ3) is 4.01. The van der Waals surface area contributed by atoms with E-state index in [1.54, 1.807) is 6.07 Å². The highest BCUT2D eigenvalue weighted by molar-refractivity contribution is 6.40. The van der Waals surface area contributed by atoms with Gasteiger partial charge in [-0.2, -0.15) is 5.10 Å². The molecular weight excluding hydrogens is 284 g/mol. The zero-order chi connectivity index (χ0) is 16.1. The van der Waals surface area contributed by atoms with E-state index in [0.717, 1.165) is 18.7 Å². The second-order valence-electron chi connectivity index (χ2n) is 5.29. The predicted octanol–water partition coefficient (Wildman–Crippen LogP) is 0.273. The van der Waals surface area contributed by atoms with Gasteiger partial charge in [-0.3, -0.25) is 14.7 Å². The van der Waals surface area contributed by atoms with Gasteiger partial charge < -0.3 is 15.5 Å². The molecule has 22 heavy (non-hydrogen) atoms. The van der Waals surface area contributed by atoms with Crippen molar-refractivity contribution in [2.24, 2.45) is 0 Å². The zero-order valence-electron chi connectivity index (χ0n) is 12.9. The number of rotatable bonds is 5. The Morgan fingerprint density at radius 1 is 1.27 bits per heavy atom. The first-order chi connectivity index (χ1) is 10.5. The number of hydrogen-bond acceptors (Lipinski definition) is 5. The minimum atomic E-state index is -0.737. The van der Waals surface area contributed by atoms with Crippen LogP contribution in [-0.4, -0.2) is 59.1 Å². The number of pyridine rings is 1. The summed E-state index contributed by atoms with van der Waals surface area (Å²) in [5.41, 5.74) is 1.41. The van der Waals surface area contributed by atoms with Gasteiger partial charge in [-0.25, -0.2) is 4.98 Å². The van der Waals surface area contributed by atoms with Crippen LogP contribution in [0.25, 0.3) is 11.0 Å². The van der Waals surface area contributed by atoms with Crippen LogP contribution in [0.3, 0.4) is 0 Å². The summed E-state index contributed by atoms with van der Waals surface area (Å²) in [7, 11) is 3.90. The van der Waals surface area contributed by atoms with Gasteiger partial charge in [0.15, 0.2) is 11.5 Å². The van der Waals surface area contributed by atoms with E-state index < -0.39 is 11.8 Å². The molecule has 2 aromatic rings. The molecule has 0 fully saturated rings. The minimum absolute atomic E-state index is 0.302. The molecule has 0 aliphatic rings. The number of amides is 2. The Morgan fingerprint density at radius 2 is 2.05 bits per heavy atom. The number of hydrogen-bond donors (Lipinski definition) is 3. The summed E-state index contributed by atoms with van der Waals surface area (Å²) in [4.78, 5) is 29.8. The third-order valence-corrected chi connectivity index (χ3v) is 3.07. The summed E-state index contributed by atoms with van der Waals surface area (Å²) in [5.74, 6) is -1.11. The van der Waals surface area contributed by atoms with E-state index in [9.17, 15) is 9.59 Å². The lowest BCUT2D eigenvalue weighted by molar-refractivity contribution is -0.136. The number of aryl methyl sites for hydroxylation is 1.